The quantitative estimate of drug-likeness (QED) is 0.796. The molecule has 1 aromatic heterocycles. The molecule has 0 amide bonds. The number of carbonyl (C=O) groups is 1. The van der Waals surface area contributed by atoms with Gasteiger partial charge in [0.1, 0.15) is 6.33 Å². The lowest BCUT2D eigenvalue weighted by molar-refractivity contribution is 0.0693. The molecule has 0 saturated heterocycles. The van der Waals surface area contributed by atoms with Crippen molar-refractivity contribution in [3.8, 4) is 0 Å². The van der Waals surface area contributed by atoms with Crippen molar-refractivity contribution in [1.29, 1.82) is 0 Å². The van der Waals surface area contributed by atoms with E-state index in [1.54, 1.807) is 23.9 Å². The van der Waals surface area contributed by atoms with Crippen LogP contribution in [-0.2, 0) is 7.05 Å². The van der Waals surface area contributed by atoms with E-state index in [1.807, 2.05) is 0 Å². The fourth-order valence-electron chi connectivity index (χ4n) is 1.28. The lowest BCUT2D eigenvalue weighted by Gasteiger charge is -2.05. The average molecular weight is 250 g/mol. The maximum absolute atomic E-state index is 11.1. The summed E-state index contributed by atoms with van der Waals surface area (Å²) in [6, 6.07) is 4.75. The molecule has 2 aromatic rings. The van der Waals surface area contributed by atoms with E-state index < -0.39 is 5.97 Å². The van der Waals surface area contributed by atoms with Crippen molar-refractivity contribution in [3.05, 3.63) is 30.1 Å². The first-order valence-corrected chi connectivity index (χ1v) is 5.54. The van der Waals surface area contributed by atoms with Crippen LogP contribution in [0.3, 0.4) is 0 Å². The Morgan fingerprint density at radius 1 is 1.53 bits per heavy atom. The van der Waals surface area contributed by atoms with E-state index in [2.05, 4.69) is 10.1 Å². The second-order valence-electron chi connectivity index (χ2n) is 3.33. The zero-order valence-corrected chi connectivity index (χ0v) is 9.81. The third kappa shape index (κ3) is 2.39. The van der Waals surface area contributed by atoms with E-state index in [0.717, 1.165) is 0 Å². The largest absolute Gasteiger partial charge is 0.478 e. The molecule has 6 nitrogen and oxygen atoms in total. The second-order valence-corrected chi connectivity index (χ2v) is 4.34. The maximum Gasteiger partial charge on any atom is 0.336 e. The Morgan fingerprint density at radius 2 is 2.29 bits per heavy atom. The molecule has 0 bridgehead atoms. The summed E-state index contributed by atoms with van der Waals surface area (Å²) in [4.78, 5) is 15.7. The summed E-state index contributed by atoms with van der Waals surface area (Å²) in [5, 5.41) is 13.6. The zero-order chi connectivity index (χ0) is 12.4. The molecule has 0 aliphatic rings. The standard InChI is InChI=1S/C10H10N4O2S/c1-14-10(12-5-13-14)17-8-3-2-6(11)4-7(8)9(15)16/h2-5H,11H2,1H3,(H,15,16). The smallest absolute Gasteiger partial charge is 0.336 e. The zero-order valence-electron chi connectivity index (χ0n) is 8.99. The van der Waals surface area contributed by atoms with Crippen LogP contribution in [0.15, 0.2) is 34.6 Å². The summed E-state index contributed by atoms with van der Waals surface area (Å²) in [6.45, 7) is 0. The number of rotatable bonds is 3. The van der Waals surface area contributed by atoms with E-state index in [-0.39, 0.29) is 5.56 Å². The number of aryl methyl sites for hydroxylation is 1. The maximum atomic E-state index is 11.1. The van der Waals surface area contributed by atoms with E-state index in [4.69, 9.17) is 10.8 Å². The Kier molecular flexibility index (Phi) is 3.01. The molecule has 0 radical (unpaired) electrons. The highest BCUT2D eigenvalue weighted by Crippen LogP contribution is 2.29. The Morgan fingerprint density at radius 3 is 2.88 bits per heavy atom. The molecule has 0 spiro atoms. The van der Waals surface area contributed by atoms with Crippen molar-refractivity contribution < 1.29 is 9.90 Å². The normalized spacial score (nSPS) is 10.4. The molecule has 0 aliphatic heterocycles. The molecular weight excluding hydrogens is 240 g/mol. The van der Waals surface area contributed by atoms with Crippen LogP contribution in [0.2, 0.25) is 0 Å². The molecule has 0 fully saturated rings. The van der Waals surface area contributed by atoms with Gasteiger partial charge in [-0.05, 0) is 30.0 Å². The Bertz CT molecular complexity index is 567. The first-order valence-electron chi connectivity index (χ1n) is 4.72. The van der Waals surface area contributed by atoms with Crippen LogP contribution in [0.4, 0.5) is 5.69 Å². The van der Waals surface area contributed by atoms with Crippen molar-refractivity contribution in [1.82, 2.24) is 14.8 Å². The molecule has 1 aromatic carbocycles. The number of aromatic nitrogens is 3. The minimum absolute atomic E-state index is 0.165. The van der Waals surface area contributed by atoms with Crippen LogP contribution in [0.25, 0.3) is 0 Å². The van der Waals surface area contributed by atoms with Gasteiger partial charge in [0.05, 0.1) is 5.56 Å². The third-order valence-electron chi connectivity index (χ3n) is 2.11. The van der Waals surface area contributed by atoms with Crippen LogP contribution in [0, 0.1) is 0 Å². The van der Waals surface area contributed by atoms with Crippen LogP contribution in [-0.4, -0.2) is 25.8 Å². The van der Waals surface area contributed by atoms with Crippen LogP contribution < -0.4 is 5.73 Å². The molecule has 0 unspecified atom stereocenters. The number of nitrogens with zero attached hydrogens (tertiary/aromatic N) is 3. The van der Waals surface area contributed by atoms with Crippen molar-refractivity contribution >= 4 is 23.4 Å². The van der Waals surface area contributed by atoms with Gasteiger partial charge in [0.25, 0.3) is 0 Å². The molecule has 88 valence electrons. The summed E-state index contributed by atoms with van der Waals surface area (Å²) >= 11 is 1.24. The molecule has 17 heavy (non-hydrogen) atoms. The lowest BCUT2D eigenvalue weighted by atomic mass is 10.2. The molecule has 0 saturated carbocycles. The number of hydrogen-bond acceptors (Lipinski definition) is 5. The van der Waals surface area contributed by atoms with Gasteiger partial charge in [0.2, 0.25) is 0 Å². The first-order chi connectivity index (χ1) is 8.08. The molecule has 1 heterocycles. The van der Waals surface area contributed by atoms with Gasteiger partial charge in [-0.15, -0.1) is 0 Å². The first kappa shape index (κ1) is 11.5. The van der Waals surface area contributed by atoms with Gasteiger partial charge in [0.15, 0.2) is 5.16 Å². The average Bonchev–Trinajstić information content (AvgIpc) is 2.67. The predicted octanol–water partition coefficient (Wildman–Crippen LogP) is 1.25. The van der Waals surface area contributed by atoms with Crippen molar-refractivity contribution in [2.24, 2.45) is 7.05 Å². The van der Waals surface area contributed by atoms with Gasteiger partial charge in [0, 0.05) is 17.6 Å². The summed E-state index contributed by atoms with van der Waals surface area (Å²) in [6.07, 6.45) is 1.42. The second kappa shape index (κ2) is 4.46. The number of aromatic carboxylic acids is 1. The molecule has 7 heteroatoms. The fraction of sp³-hybridized carbons (Fsp3) is 0.100. The Balaban J connectivity index is 2.39. The van der Waals surface area contributed by atoms with Gasteiger partial charge in [-0.1, -0.05) is 0 Å². The number of carboxylic acid groups (broad SMARTS) is 1. The number of hydrogen-bond donors (Lipinski definition) is 2. The molecule has 0 aliphatic carbocycles. The number of nitrogen functional groups attached to an aromatic ring is 1. The van der Waals surface area contributed by atoms with Gasteiger partial charge >= 0.3 is 5.97 Å². The summed E-state index contributed by atoms with van der Waals surface area (Å²) in [7, 11) is 1.74. The van der Waals surface area contributed by atoms with Crippen molar-refractivity contribution in [2.45, 2.75) is 10.1 Å². The summed E-state index contributed by atoms with van der Waals surface area (Å²) in [5.74, 6) is -1.01. The van der Waals surface area contributed by atoms with Crippen molar-refractivity contribution in [2.75, 3.05) is 5.73 Å². The van der Waals surface area contributed by atoms with Crippen molar-refractivity contribution in [3.63, 3.8) is 0 Å². The minimum Gasteiger partial charge on any atom is -0.478 e. The number of anilines is 1. The summed E-state index contributed by atoms with van der Waals surface area (Å²) in [5.41, 5.74) is 6.15. The van der Waals surface area contributed by atoms with Gasteiger partial charge < -0.3 is 10.8 Å². The Hall–Kier alpha value is -2.02. The van der Waals surface area contributed by atoms with Gasteiger partial charge in [-0.25, -0.2) is 14.5 Å². The molecule has 2 rings (SSSR count). The van der Waals surface area contributed by atoms with Crippen LogP contribution in [0.5, 0.6) is 0 Å². The third-order valence-corrected chi connectivity index (χ3v) is 3.23. The molecule has 3 N–H and O–H groups in total. The van der Waals surface area contributed by atoms with E-state index in [9.17, 15) is 4.79 Å². The SMILES string of the molecule is Cn1ncnc1Sc1ccc(N)cc1C(=O)O. The lowest BCUT2D eigenvalue weighted by Crippen LogP contribution is -2.01. The number of nitrogens with two attached hydrogens (primary N) is 1. The Labute approximate surface area is 101 Å². The molecule has 0 atom stereocenters. The monoisotopic (exact) mass is 250 g/mol. The van der Waals surface area contributed by atoms with Crippen LogP contribution in [0.1, 0.15) is 10.4 Å². The van der Waals surface area contributed by atoms with E-state index in [0.29, 0.717) is 15.7 Å². The predicted molar refractivity (Wildman–Crippen MR) is 62.9 cm³/mol. The molecular formula is C10H10N4O2S. The van der Waals surface area contributed by atoms with Gasteiger partial charge in [-0.3, -0.25) is 0 Å². The topological polar surface area (TPSA) is 94.0 Å². The van der Waals surface area contributed by atoms with E-state index >= 15 is 0 Å². The number of carboxylic acids is 1. The van der Waals surface area contributed by atoms with Crippen LogP contribution >= 0.6 is 11.8 Å². The highest BCUT2D eigenvalue weighted by Gasteiger charge is 2.13. The van der Waals surface area contributed by atoms with Gasteiger partial charge in [-0.2, -0.15) is 5.10 Å². The number of benzene rings is 1. The summed E-state index contributed by atoms with van der Waals surface area (Å²) < 4.78 is 1.58. The van der Waals surface area contributed by atoms with E-state index in [1.165, 1.54) is 24.2 Å². The minimum atomic E-state index is -1.01. The highest BCUT2D eigenvalue weighted by molar-refractivity contribution is 7.99. The fourth-order valence-corrected chi connectivity index (χ4v) is 2.15. The highest BCUT2D eigenvalue weighted by atomic mass is 32.2.